The number of hydrogen-bond donors (Lipinski definition) is 2. The van der Waals surface area contributed by atoms with E-state index in [1.807, 2.05) is 6.07 Å². The van der Waals surface area contributed by atoms with Crippen molar-refractivity contribution in [1.82, 2.24) is 0 Å². The van der Waals surface area contributed by atoms with Gasteiger partial charge >= 0.3 is 5.97 Å². The van der Waals surface area contributed by atoms with Gasteiger partial charge in [-0.25, -0.2) is 0 Å². The molecule has 0 saturated heterocycles. The molecule has 0 unspecified atom stereocenters. The summed E-state index contributed by atoms with van der Waals surface area (Å²) in [6, 6.07) is 5.37. The summed E-state index contributed by atoms with van der Waals surface area (Å²) >= 11 is 7.60. The van der Waals surface area contributed by atoms with Crippen LogP contribution in [-0.4, -0.2) is 16.8 Å². The Labute approximate surface area is 104 Å². The second kappa shape index (κ2) is 6.66. The van der Waals surface area contributed by atoms with E-state index in [0.717, 1.165) is 17.1 Å². The quantitative estimate of drug-likeness (QED) is 0.468. The molecule has 0 radical (unpaired) electrons. The highest BCUT2D eigenvalue weighted by Gasteiger charge is 2.02. The number of nitrogens with two attached hydrogens (primary N) is 1. The first-order chi connectivity index (χ1) is 7.59. The predicted molar refractivity (Wildman–Crippen MR) is 68.1 cm³/mol. The number of nitrogen functional groups attached to an aromatic ring is 1. The highest BCUT2D eigenvalue weighted by Crippen LogP contribution is 2.29. The summed E-state index contributed by atoms with van der Waals surface area (Å²) < 4.78 is 0. The van der Waals surface area contributed by atoms with Crippen LogP contribution in [0.3, 0.4) is 0 Å². The maximum Gasteiger partial charge on any atom is 0.303 e. The van der Waals surface area contributed by atoms with Crippen molar-refractivity contribution in [3.63, 3.8) is 0 Å². The van der Waals surface area contributed by atoms with Crippen molar-refractivity contribution < 1.29 is 9.90 Å². The monoisotopic (exact) mass is 259 g/mol. The zero-order chi connectivity index (χ0) is 12.0. The lowest BCUT2D eigenvalue weighted by atomic mass is 10.2. The highest BCUT2D eigenvalue weighted by molar-refractivity contribution is 7.99. The fraction of sp³-hybridized carbons (Fsp3) is 0.364. The Hall–Kier alpha value is -0.870. The summed E-state index contributed by atoms with van der Waals surface area (Å²) in [5.74, 6) is 0.114. The Morgan fingerprint density at radius 1 is 1.44 bits per heavy atom. The van der Waals surface area contributed by atoms with Gasteiger partial charge in [0.2, 0.25) is 0 Å². The number of aliphatic carboxylic acids is 1. The largest absolute Gasteiger partial charge is 0.481 e. The van der Waals surface area contributed by atoms with Gasteiger partial charge in [-0.05, 0) is 36.8 Å². The van der Waals surface area contributed by atoms with Crippen molar-refractivity contribution in [2.75, 3.05) is 11.5 Å². The number of benzene rings is 1. The van der Waals surface area contributed by atoms with E-state index in [1.165, 1.54) is 0 Å². The molecular formula is C11H14ClNO2S. The molecule has 0 aliphatic rings. The van der Waals surface area contributed by atoms with E-state index in [9.17, 15) is 4.79 Å². The number of hydrogen-bond acceptors (Lipinski definition) is 3. The molecule has 0 aliphatic heterocycles. The first-order valence-corrected chi connectivity index (χ1v) is 6.35. The minimum atomic E-state index is -0.744. The van der Waals surface area contributed by atoms with Crippen molar-refractivity contribution in [3.05, 3.63) is 23.2 Å². The summed E-state index contributed by atoms with van der Waals surface area (Å²) in [5, 5.41) is 9.16. The van der Waals surface area contributed by atoms with Crippen LogP contribution in [0.25, 0.3) is 0 Å². The van der Waals surface area contributed by atoms with Crippen LogP contribution in [0.5, 0.6) is 0 Å². The molecule has 0 spiro atoms. The van der Waals surface area contributed by atoms with Crippen molar-refractivity contribution in [2.24, 2.45) is 0 Å². The molecular weight excluding hydrogens is 246 g/mol. The van der Waals surface area contributed by atoms with Crippen LogP contribution in [0.1, 0.15) is 19.3 Å². The predicted octanol–water partition coefficient (Wildman–Crippen LogP) is 3.27. The van der Waals surface area contributed by atoms with Gasteiger partial charge in [-0.2, -0.15) is 0 Å². The number of carbonyl (C=O) groups is 1. The van der Waals surface area contributed by atoms with E-state index in [0.29, 0.717) is 17.1 Å². The Bertz CT molecular complexity index is 371. The van der Waals surface area contributed by atoms with E-state index in [1.54, 1.807) is 23.9 Å². The van der Waals surface area contributed by atoms with E-state index in [4.69, 9.17) is 22.4 Å². The molecule has 0 fully saturated rings. The average Bonchev–Trinajstić information content (AvgIpc) is 2.22. The molecule has 0 aromatic heterocycles. The van der Waals surface area contributed by atoms with Crippen LogP contribution < -0.4 is 5.73 Å². The highest BCUT2D eigenvalue weighted by atomic mass is 35.5. The fourth-order valence-corrected chi connectivity index (χ4v) is 2.47. The normalized spacial score (nSPS) is 10.3. The number of carboxylic acid groups (broad SMARTS) is 1. The van der Waals surface area contributed by atoms with E-state index < -0.39 is 5.97 Å². The molecule has 1 rings (SSSR count). The molecule has 3 nitrogen and oxygen atoms in total. The zero-order valence-electron chi connectivity index (χ0n) is 8.78. The second-order valence-electron chi connectivity index (χ2n) is 3.39. The molecule has 0 aliphatic carbocycles. The van der Waals surface area contributed by atoms with Crippen LogP contribution in [0.4, 0.5) is 5.69 Å². The van der Waals surface area contributed by atoms with Gasteiger partial charge in [-0.3, -0.25) is 4.79 Å². The minimum absolute atomic E-state index is 0.227. The standard InChI is InChI=1S/C11H14ClNO2S/c12-9-5-4-8(13)7-10(9)16-6-2-1-3-11(14)15/h4-5,7H,1-3,6,13H2,(H,14,15). The van der Waals surface area contributed by atoms with E-state index in [-0.39, 0.29) is 6.42 Å². The third-order valence-corrected chi connectivity index (χ3v) is 3.58. The Kier molecular flexibility index (Phi) is 5.49. The third kappa shape index (κ3) is 4.77. The van der Waals surface area contributed by atoms with Gasteiger partial charge in [-0.1, -0.05) is 11.6 Å². The second-order valence-corrected chi connectivity index (χ2v) is 4.93. The lowest BCUT2D eigenvalue weighted by Gasteiger charge is -2.04. The van der Waals surface area contributed by atoms with Crippen molar-refractivity contribution in [2.45, 2.75) is 24.2 Å². The number of carboxylic acids is 1. The molecule has 1 aromatic carbocycles. The van der Waals surface area contributed by atoms with Crippen molar-refractivity contribution in [1.29, 1.82) is 0 Å². The van der Waals surface area contributed by atoms with Crippen LogP contribution in [-0.2, 0) is 4.79 Å². The molecule has 0 bridgehead atoms. The SMILES string of the molecule is Nc1ccc(Cl)c(SCCCCC(=O)O)c1. The Morgan fingerprint density at radius 3 is 2.88 bits per heavy atom. The molecule has 0 heterocycles. The zero-order valence-corrected chi connectivity index (χ0v) is 10.4. The first-order valence-electron chi connectivity index (χ1n) is 4.99. The van der Waals surface area contributed by atoms with Crippen molar-refractivity contribution >= 4 is 35.0 Å². The number of anilines is 1. The number of rotatable bonds is 6. The van der Waals surface area contributed by atoms with Gasteiger partial charge in [0.1, 0.15) is 0 Å². The van der Waals surface area contributed by atoms with Gasteiger partial charge < -0.3 is 10.8 Å². The molecule has 1 aromatic rings. The van der Waals surface area contributed by atoms with Gasteiger partial charge in [0.05, 0.1) is 5.02 Å². The lowest BCUT2D eigenvalue weighted by molar-refractivity contribution is -0.137. The van der Waals surface area contributed by atoms with Crippen LogP contribution in [0.15, 0.2) is 23.1 Å². The third-order valence-electron chi connectivity index (χ3n) is 2.00. The maximum atomic E-state index is 10.3. The van der Waals surface area contributed by atoms with Gasteiger partial charge in [0.25, 0.3) is 0 Å². The molecule has 16 heavy (non-hydrogen) atoms. The molecule has 88 valence electrons. The summed E-state index contributed by atoms with van der Waals surface area (Å²) in [6.45, 7) is 0. The first kappa shape index (κ1) is 13.2. The van der Waals surface area contributed by atoms with Crippen LogP contribution >= 0.6 is 23.4 Å². The number of unbranched alkanes of at least 4 members (excludes halogenated alkanes) is 1. The van der Waals surface area contributed by atoms with Gasteiger partial charge in [-0.15, -0.1) is 11.8 Å². The summed E-state index contributed by atoms with van der Waals surface area (Å²) in [6.07, 6.45) is 1.79. The summed E-state index contributed by atoms with van der Waals surface area (Å²) in [7, 11) is 0. The van der Waals surface area contributed by atoms with Crippen LogP contribution in [0, 0.1) is 0 Å². The molecule has 0 amide bonds. The topological polar surface area (TPSA) is 63.3 Å². The molecule has 0 atom stereocenters. The summed E-state index contributed by atoms with van der Waals surface area (Å²) in [4.78, 5) is 11.2. The minimum Gasteiger partial charge on any atom is -0.481 e. The molecule has 0 saturated carbocycles. The fourth-order valence-electron chi connectivity index (χ4n) is 1.19. The number of thioether (sulfide) groups is 1. The van der Waals surface area contributed by atoms with Crippen LogP contribution in [0.2, 0.25) is 5.02 Å². The smallest absolute Gasteiger partial charge is 0.303 e. The Balaban J connectivity index is 2.31. The maximum absolute atomic E-state index is 10.3. The van der Waals surface area contributed by atoms with E-state index >= 15 is 0 Å². The Morgan fingerprint density at radius 2 is 2.19 bits per heavy atom. The lowest BCUT2D eigenvalue weighted by Crippen LogP contribution is -1.94. The number of halogens is 1. The van der Waals surface area contributed by atoms with Crippen molar-refractivity contribution in [3.8, 4) is 0 Å². The molecule has 5 heteroatoms. The average molecular weight is 260 g/mol. The van der Waals surface area contributed by atoms with Gasteiger partial charge in [0, 0.05) is 17.0 Å². The van der Waals surface area contributed by atoms with E-state index in [2.05, 4.69) is 0 Å². The summed E-state index contributed by atoms with van der Waals surface area (Å²) in [5.41, 5.74) is 6.34. The molecule has 3 N–H and O–H groups in total. The van der Waals surface area contributed by atoms with Gasteiger partial charge in [0.15, 0.2) is 0 Å².